The maximum absolute atomic E-state index is 13.8. The summed E-state index contributed by atoms with van der Waals surface area (Å²) in [5.74, 6) is 0.896. The Kier molecular flexibility index (Phi) is 6.83. The summed E-state index contributed by atoms with van der Waals surface area (Å²) >= 11 is 1.39. The van der Waals surface area contributed by atoms with E-state index in [0.717, 1.165) is 6.42 Å². The summed E-state index contributed by atoms with van der Waals surface area (Å²) in [7, 11) is 1.84. The molecule has 0 aliphatic rings. The Bertz CT molecular complexity index is 1050. The molecule has 168 valence electrons. The van der Waals surface area contributed by atoms with Crippen LogP contribution in [-0.4, -0.2) is 46.2 Å². The minimum absolute atomic E-state index is 0.0375. The molecule has 9 heteroatoms. The lowest BCUT2D eigenvalue weighted by atomic mass is 10.1. The third-order valence-electron chi connectivity index (χ3n) is 4.54. The van der Waals surface area contributed by atoms with E-state index in [0.29, 0.717) is 39.6 Å². The second kappa shape index (κ2) is 9.21. The van der Waals surface area contributed by atoms with E-state index in [4.69, 9.17) is 4.98 Å². The standard InChI is InChI=1S/C22H31FN6OS/c1-14(2)10-11-24-17(30)13-28(6)21-27-29-19(26-22(3,4)5)18(25-20(29)31-21)15-8-7-9-16(23)12-15/h7-9,12,14,26H,10-11,13H2,1-6H3,(H,24,30). The Hall–Kier alpha value is -2.68. The van der Waals surface area contributed by atoms with Crippen LogP contribution in [0.15, 0.2) is 24.3 Å². The Balaban J connectivity index is 1.87. The Morgan fingerprint density at radius 3 is 2.71 bits per heavy atom. The zero-order chi connectivity index (χ0) is 22.8. The molecule has 2 heterocycles. The fourth-order valence-corrected chi connectivity index (χ4v) is 3.90. The Morgan fingerprint density at radius 1 is 1.32 bits per heavy atom. The second-order valence-electron chi connectivity index (χ2n) is 9.16. The van der Waals surface area contributed by atoms with Gasteiger partial charge in [-0.25, -0.2) is 9.37 Å². The van der Waals surface area contributed by atoms with Crippen molar-refractivity contribution in [2.24, 2.45) is 5.92 Å². The molecule has 0 saturated heterocycles. The fourth-order valence-electron chi connectivity index (χ4n) is 3.04. The molecule has 2 N–H and O–H groups in total. The first-order chi connectivity index (χ1) is 14.5. The number of hydrogen-bond donors (Lipinski definition) is 2. The number of imidazole rings is 1. The van der Waals surface area contributed by atoms with E-state index in [-0.39, 0.29) is 23.8 Å². The van der Waals surface area contributed by atoms with Gasteiger partial charge in [-0.1, -0.05) is 37.3 Å². The predicted octanol–water partition coefficient (Wildman–Crippen LogP) is 4.41. The first kappa shape index (κ1) is 23.0. The Labute approximate surface area is 186 Å². The minimum atomic E-state index is -0.313. The maximum atomic E-state index is 13.8. The van der Waals surface area contributed by atoms with Gasteiger partial charge in [0.25, 0.3) is 0 Å². The van der Waals surface area contributed by atoms with Crippen molar-refractivity contribution < 1.29 is 9.18 Å². The van der Waals surface area contributed by atoms with E-state index in [1.54, 1.807) is 10.6 Å². The third kappa shape index (κ3) is 5.94. The maximum Gasteiger partial charge on any atom is 0.239 e. The van der Waals surface area contributed by atoms with Crippen molar-refractivity contribution in [3.63, 3.8) is 0 Å². The zero-order valence-electron chi connectivity index (χ0n) is 19.0. The highest BCUT2D eigenvalue weighted by molar-refractivity contribution is 7.20. The van der Waals surface area contributed by atoms with Crippen LogP contribution in [-0.2, 0) is 4.79 Å². The number of rotatable bonds is 8. The molecular weight excluding hydrogens is 415 g/mol. The SMILES string of the molecule is CC(C)CCNC(=O)CN(C)c1nn2c(NC(C)(C)C)c(-c3cccc(F)c3)nc2s1. The molecule has 31 heavy (non-hydrogen) atoms. The van der Waals surface area contributed by atoms with E-state index in [2.05, 4.69) is 29.6 Å². The topological polar surface area (TPSA) is 74.6 Å². The molecule has 1 aromatic carbocycles. The van der Waals surface area contributed by atoms with E-state index in [1.807, 2.05) is 38.8 Å². The van der Waals surface area contributed by atoms with Crippen LogP contribution >= 0.6 is 11.3 Å². The molecule has 3 rings (SSSR count). The third-order valence-corrected chi connectivity index (χ3v) is 5.56. The average molecular weight is 447 g/mol. The molecule has 0 unspecified atom stereocenters. The molecule has 0 bridgehead atoms. The van der Waals surface area contributed by atoms with Crippen molar-refractivity contribution in [2.75, 3.05) is 30.4 Å². The molecule has 2 aromatic heterocycles. The highest BCUT2D eigenvalue weighted by Gasteiger charge is 2.23. The number of aromatic nitrogens is 3. The number of carbonyl (C=O) groups is 1. The van der Waals surface area contributed by atoms with Crippen LogP contribution in [0.25, 0.3) is 16.2 Å². The van der Waals surface area contributed by atoms with Crippen molar-refractivity contribution in [3.05, 3.63) is 30.1 Å². The smallest absolute Gasteiger partial charge is 0.239 e. The molecule has 0 aliphatic heterocycles. The second-order valence-corrected chi connectivity index (χ2v) is 10.1. The molecule has 0 spiro atoms. The largest absolute Gasteiger partial charge is 0.364 e. The number of carbonyl (C=O) groups excluding carboxylic acids is 1. The molecule has 0 atom stereocenters. The van der Waals surface area contributed by atoms with Crippen molar-refractivity contribution in [2.45, 2.75) is 46.6 Å². The molecule has 0 saturated carbocycles. The quantitative estimate of drug-likeness (QED) is 0.536. The molecule has 3 aromatic rings. The number of hydrogen-bond acceptors (Lipinski definition) is 6. The van der Waals surface area contributed by atoms with Gasteiger partial charge in [0.15, 0.2) is 5.82 Å². The van der Waals surface area contributed by atoms with Crippen molar-refractivity contribution in [3.8, 4) is 11.3 Å². The van der Waals surface area contributed by atoms with Gasteiger partial charge >= 0.3 is 0 Å². The van der Waals surface area contributed by atoms with Gasteiger partial charge in [-0.05, 0) is 45.2 Å². The molecule has 0 radical (unpaired) electrons. The summed E-state index contributed by atoms with van der Waals surface area (Å²) in [5, 5.41) is 11.8. The van der Waals surface area contributed by atoms with E-state index < -0.39 is 0 Å². The number of anilines is 2. The number of nitrogens with zero attached hydrogens (tertiary/aromatic N) is 4. The van der Waals surface area contributed by atoms with Gasteiger partial charge < -0.3 is 15.5 Å². The van der Waals surface area contributed by atoms with Gasteiger partial charge in [-0.15, -0.1) is 5.10 Å². The monoisotopic (exact) mass is 446 g/mol. The lowest BCUT2D eigenvalue weighted by Crippen LogP contribution is -2.36. The number of fused-ring (bicyclic) bond motifs is 1. The number of halogens is 1. The zero-order valence-corrected chi connectivity index (χ0v) is 19.8. The first-order valence-electron chi connectivity index (χ1n) is 10.4. The van der Waals surface area contributed by atoms with Crippen molar-refractivity contribution >= 4 is 33.2 Å². The van der Waals surface area contributed by atoms with Gasteiger partial charge in [-0.3, -0.25) is 4.79 Å². The molecule has 7 nitrogen and oxygen atoms in total. The van der Waals surface area contributed by atoms with E-state index in [1.165, 1.54) is 23.5 Å². The first-order valence-corrected chi connectivity index (χ1v) is 11.3. The molecule has 0 aliphatic carbocycles. The number of nitrogens with one attached hydrogen (secondary N) is 2. The van der Waals surface area contributed by atoms with Crippen molar-refractivity contribution in [1.82, 2.24) is 19.9 Å². The highest BCUT2D eigenvalue weighted by atomic mass is 32.1. The summed E-state index contributed by atoms with van der Waals surface area (Å²) in [5.41, 5.74) is 1.09. The number of benzene rings is 1. The summed E-state index contributed by atoms with van der Waals surface area (Å²) in [6.45, 7) is 11.3. The average Bonchev–Trinajstić information content (AvgIpc) is 3.20. The van der Waals surface area contributed by atoms with Crippen LogP contribution in [0.5, 0.6) is 0 Å². The predicted molar refractivity (Wildman–Crippen MR) is 125 cm³/mol. The summed E-state index contributed by atoms with van der Waals surface area (Å²) in [4.78, 5) is 19.4. The molecular formula is C22H31FN6OS. The van der Waals surface area contributed by atoms with Crippen molar-refractivity contribution in [1.29, 1.82) is 0 Å². The fraction of sp³-hybridized carbons (Fsp3) is 0.500. The van der Waals surface area contributed by atoms with E-state index >= 15 is 0 Å². The lowest BCUT2D eigenvalue weighted by molar-refractivity contribution is -0.119. The summed E-state index contributed by atoms with van der Waals surface area (Å²) in [6.07, 6.45) is 0.950. The van der Waals surface area contributed by atoms with E-state index in [9.17, 15) is 9.18 Å². The molecule has 1 amide bonds. The van der Waals surface area contributed by atoms with Crippen LogP contribution in [0.1, 0.15) is 41.0 Å². The number of likely N-dealkylation sites (N-methyl/N-ethyl adjacent to an activating group) is 1. The Morgan fingerprint density at radius 2 is 2.06 bits per heavy atom. The minimum Gasteiger partial charge on any atom is -0.364 e. The van der Waals surface area contributed by atoms with Crippen LogP contribution in [0.2, 0.25) is 0 Å². The van der Waals surface area contributed by atoms with Crippen LogP contribution in [0, 0.1) is 11.7 Å². The summed E-state index contributed by atoms with van der Waals surface area (Å²) in [6, 6.07) is 6.38. The highest BCUT2D eigenvalue weighted by Crippen LogP contribution is 2.34. The summed E-state index contributed by atoms with van der Waals surface area (Å²) < 4.78 is 15.6. The van der Waals surface area contributed by atoms with Crippen LogP contribution < -0.4 is 15.5 Å². The van der Waals surface area contributed by atoms with Gasteiger partial charge in [-0.2, -0.15) is 4.52 Å². The van der Waals surface area contributed by atoms with Gasteiger partial charge in [0, 0.05) is 24.7 Å². The van der Waals surface area contributed by atoms with Crippen LogP contribution in [0.4, 0.5) is 15.3 Å². The normalized spacial score (nSPS) is 11.9. The number of amides is 1. The van der Waals surface area contributed by atoms with Crippen LogP contribution in [0.3, 0.4) is 0 Å². The van der Waals surface area contributed by atoms with Gasteiger partial charge in [0.1, 0.15) is 11.5 Å². The van der Waals surface area contributed by atoms with Gasteiger partial charge in [0.2, 0.25) is 16.0 Å². The lowest BCUT2D eigenvalue weighted by Gasteiger charge is -2.22. The molecule has 0 fully saturated rings. The van der Waals surface area contributed by atoms with Gasteiger partial charge in [0.05, 0.1) is 6.54 Å².